The molecule has 1 heterocycles. The summed E-state index contributed by atoms with van der Waals surface area (Å²) in [5.74, 6) is 1.76. The van der Waals surface area contributed by atoms with Gasteiger partial charge < -0.3 is 29.4 Å². The zero-order valence-electron chi connectivity index (χ0n) is 21.7. The number of esters is 1. The van der Waals surface area contributed by atoms with Gasteiger partial charge in [-0.05, 0) is 43.9 Å². The summed E-state index contributed by atoms with van der Waals surface area (Å²) >= 11 is 0. The molecule has 4 rings (SSSR count). The maximum Gasteiger partial charge on any atom is 0.325 e. The van der Waals surface area contributed by atoms with Crippen LogP contribution in [0.2, 0.25) is 0 Å². The van der Waals surface area contributed by atoms with Crippen LogP contribution >= 0.6 is 0 Å². The summed E-state index contributed by atoms with van der Waals surface area (Å²) < 4.78 is 16.0. The molecule has 1 aromatic heterocycles. The van der Waals surface area contributed by atoms with Crippen LogP contribution in [0, 0.1) is 11.3 Å². The number of nitrogens with one attached hydrogen (secondary N) is 1. The maximum absolute atomic E-state index is 11.8. The third-order valence-corrected chi connectivity index (χ3v) is 6.12. The molecule has 37 heavy (non-hydrogen) atoms. The van der Waals surface area contributed by atoms with Gasteiger partial charge in [0.05, 0.1) is 43.8 Å². The molecule has 0 atom stereocenters. The number of benzene rings is 2. The Bertz CT molecular complexity index is 1280. The van der Waals surface area contributed by atoms with Crippen LogP contribution in [0.5, 0.6) is 11.5 Å². The third kappa shape index (κ3) is 6.55. The molecule has 2 aromatic carbocycles. The normalized spacial score (nSPS) is 13.2. The first-order valence-electron chi connectivity index (χ1n) is 12.3. The smallest absolute Gasteiger partial charge is 0.325 e. The lowest BCUT2D eigenvalue weighted by Gasteiger charge is -2.26. The van der Waals surface area contributed by atoms with Crippen molar-refractivity contribution in [2.24, 2.45) is 5.92 Å². The summed E-state index contributed by atoms with van der Waals surface area (Å²) in [7, 11) is 5.05. The molecule has 0 amide bonds. The Morgan fingerprint density at radius 2 is 1.81 bits per heavy atom. The van der Waals surface area contributed by atoms with Crippen LogP contribution in [0.4, 0.5) is 11.4 Å². The van der Waals surface area contributed by atoms with Gasteiger partial charge in [-0.1, -0.05) is 0 Å². The van der Waals surface area contributed by atoms with E-state index < -0.39 is 0 Å². The first-order valence-corrected chi connectivity index (χ1v) is 12.3. The van der Waals surface area contributed by atoms with Crippen LogP contribution in [-0.2, 0) is 9.53 Å². The number of hydrogen-bond acceptors (Lipinski definition) is 9. The van der Waals surface area contributed by atoms with Crippen LogP contribution in [-0.4, -0.2) is 68.0 Å². The van der Waals surface area contributed by atoms with Gasteiger partial charge in [0, 0.05) is 61.2 Å². The van der Waals surface area contributed by atoms with Crippen LogP contribution < -0.4 is 14.4 Å². The molecule has 0 aliphatic heterocycles. The second-order valence-electron chi connectivity index (χ2n) is 9.00. The Kier molecular flexibility index (Phi) is 8.22. The highest BCUT2D eigenvalue weighted by Gasteiger charge is 2.26. The molecule has 1 saturated carbocycles. The van der Waals surface area contributed by atoms with E-state index in [0.29, 0.717) is 29.3 Å². The fourth-order valence-corrected chi connectivity index (χ4v) is 4.04. The van der Waals surface area contributed by atoms with E-state index in [1.165, 1.54) is 19.1 Å². The minimum atomic E-state index is -0.329. The van der Waals surface area contributed by atoms with Crippen molar-refractivity contribution in [3.8, 4) is 11.5 Å². The minimum absolute atomic E-state index is 0.0798. The molecule has 9 nitrogen and oxygen atoms in total. The number of nitrogens with zero attached hydrogens (tertiary/aromatic N) is 4. The number of ether oxygens (including phenoxy) is 3. The predicted octanol–water partition coefficient (Wildman–Crippen LogP) is 4.68. The molecule has 1 N–H and O–H groups in total. The lowest BCUT2D eigenvalue weighted by molar-refractivity contribution is -0.143. The zero-order valence-corrected chi connectivity index (χ0v) is 21.7. The molecule has 0 unspecified atom stereocenters. The molecule has 9 heteroatoms. The number of likely N-dealkylation sites (N-methyl/N-ethyl adjacent to an activating group) is 1. The first-order chi connectivity index (χ1) is 17.9. The summed E-state index contributed by atoms with van der Waals surface area (Å²) in [6.07, 6.45) is 6.98. The number of anilines is 2. The number of methoxy groups -OCH3 is 2. The highest BCUT2D eigenvalue weighted by molar-refractivity contribution is 6.07. The van der Waals surface area contributed by atoms with Gasteiger partial charge in [0.2, 0.25) is 0 Å². The van der Waals surface area contributed by atoms with Crippen molar-refractivity contribution in [3.63, 3.8) is 0 Å². The lowest BCUT2D eigenvalue weighted by Crippen LogP contribution is -2.23. The van der Waals surface area contributed by atoms with Crippen molar-refractivity contribution < 1.29 is 19.0 Å². The fraction of sp³-hybridized carbons (Fsp3) is 0.357. The van der Waals surface area contributed by atoms with E-state index >= 15 is 0 Å². The fourth-order valence-electron chi connectivity index (χ4n) is 4.04. The molecule has 3 aromatic rings. The summed E-state index contributed by atoms with van der Waals surface area (Å²) in [5, 5.41) is 7.91. The van der Waals surface area contributed by atoms with Crippen molar-refractivity contribution in [1.82, 2.24) is 14.9 Å². The van der Waals surface area contributed by atoms with E-state index in [4.69, 9.17) is 24.6 Å². The van der Waals surface area contributed by atoms with Gasteiger partial charge >= 0.3 is 5.97 Å². The predicted molar refractivity (Wildman–Crippen MR) is 145 cm³/mol. The number of allylic oxidation sites excluding steroid dienone is 1. The average Bonchev–Trinajstić information content (AvgIpc) is 3.73. The minimum Gasteiger partial charge on any atom is -0.497 e. The van der Waals surface area contributed by atoms with Gasteiger partial charge in [0.15, 0.2) is 0 Å². The summed E-state index contributed by atoms with van der Waals surface area (Å²) in [6.45, 7) is 3.05. The van der Waals surface area contributed by atoms with Crippen molar-refractivity contribution in [3.05, 3.63) is 54.5 Å². The van der Waals surface area contributed by atoms with Gasteiger partial charge in [-0.3, -0.25) is 9.78 Å². The van der Waals surface area contributed by atoms with Gasteiger partial charge in [0.25, 0.3) is 0 Å². The summed E-state index contributed by atoms with van der Waals surface area (Å²) in [6, 6.07) is 11.9. The molecule has 1 aliphatic carbocycles. The Balaban J connectivity index is 1.69. The number of fused-ring (bicyclic) bond motifs is 1. The Morgan fingerprint density at radius 3 is 2.43 bits per heavy atom. The highest BCUT2D eigenvalue weighted by Crippen LogP contribution is 2.38. The Morgan fingerprint density at radius 1 is 1.08 bits per heavy atom. The average molecular weight is 504 g/mol. The topological polar surface area (TPSA) is 101 Å². The number of carbonyl (C=O) groups excluding carboxylic acids is 1. The van der Waals surface area contributed by atoms with Gasteiger partial charge in [-0.2, -0.15) is 0 Å². The molecule has 0 spiro atoms. The number of aromatic nitrogens is 2. The van der Waals surface area contributed by atoms with Crippen molar-refractivity contribution >= 4 is 40.2 Å². The Labute approximate surface area is 217 Å². The molecule has 0 radical (unpaired) electrons. The molecule has 194 valence electrons. The highest BCUT2D eigenvalue weighted by atomic mass is 16.5. The largest absolute Gasteiger partial charge is 0.497 e. The van der Waals surface area contributed by atoms with E-state index in [-0.39, 0.29) is 12.5 Å². The van der Waals surface area contributed by atoms with Crippen LogP contribution in [0.3, 0.4) is 0 Å². The molecular weight excluding hydrogens is 470 g/mol. The van der Waals surface area contributed by atoms with Gasteiger partial charge in [-0.15, -0.1) is 0 Å². The van der Waals surface area contributed by atoms with E-state index in [1.807, 2.05) is 36.4 Å². The molecule has 1 aliphatic rings. The molecule has 0 saturated heterocycles. The quantitative estimate of drug-likeness (QED) is 0.281. The number of rotatable bonds is 12. The van der Waals surface area contributed by atoms with Crippen molar-refractivity contribution in [1.29, 1.82) is 5.41 Å². The monoisotopic (exact) mass is 503 g/mol. The van der Waals surface area contributed by atoms with Crippen LogP contribution in [0.1, 0.15) is 25.5 Å². The standard InChI is InChI=1S/C28H33N5O4/c1-5-37-28(34)18-32(2)17-20(14-29)27-15-30-25-9-8-21(12-26(25)31-27)33(16-19-6-7-19)22-10-23(35-3)13-24(11-22)36-4/h8-15,17,19,29H,5-7,16,18H2,1-4H3/b20-17+,29-14?. The van der Waals surface area contributed by atoms with Gasteiger partial charge in [0.1, 0.15) is 18.0 Å². The molecule has 0 bridgehead atoms. The SMILES string of the molecule is CCOC(=O)CN(C)/C=C(\C=N)c1cnc2ccc(N(CC3CC3)c3cc(OC)cc(OC)c3)cc2n1. The number of carbonyl (C=O) groups is 1. The number of hydrogen-bond donors (Lipinski definition) is 1. The molecular formula is C28H33N5O4. The second-order valence-corrected chi connectivity index (χ2v) is 9.00. The van der Waals surface area contributed by atoms with E-state index in [2.05, 4.69) is 9.88 Å². The van der Waals surface area contributed by atoms with Crippen molar-refractivity contribution in [2.45, 2.75) is 19.8 Å². The zero-order chi connectivity index (χ0) is 26.4. The third-order valence-electron chi connectivity index (χ3n) is 6.12. The van der Waals surface area contributed by atoms with E-state index in [0.717, 1.165) is 34.9 Å². The first kappa shape index (κ1) is 25.9. The Hall–Kier alpha value is -4.14. The maximum atomic E-state index is 11.8. The van der Waals surface area contributed by atoms with E-state index in [9.17, 15) is 4.79 Å². The van der Waals surface area contributed by atoms with Gasteiger partial charge in [-0.25, -0.2) is 4.98 Å². The summed E-state index contributed by atoms with van der Waals surface area (Å²) in [5.41, 5.74) is 4.53. The van der Waals surface area contributed by atoms with E-state index in [1.54, 1.807) is 45.5 Å². The lowest BCUT2D eigenvalue weighted by atomic mass is 10.1. The van der Waals surface area contributed by atoms with Crippen molar-refractivity contribution in [2.75, 3.05) is 45.9 Å². The molecule has 1 fully saturated rings. The summed E-state index contributed by atoms with van der Waals surface area (Å²) in [4.78, 5) is 25.1. The van der Waals surface area contributed by atoms with Crippen LogP contribution in [0.15, 0.2) is 48.8 Å². The second kappa shape index (κ2) is 11.7. The van der Waals surface area contributed by atoms with Crippen LogP contribution in [0.25, 0.3) is 16.6 Å².